The number of rotatable bonds is 4. The molecule has 2 rings (SSSR count). The van der Waals surface area contributed by atoms with E-state index in [1.165, 1.54) is 23.5 Å². The Balaban J connectivity index is 2.26. The summed E-state index contributed by atoms with van der Waals surface area (Å²) in [4.78, 5) is 0. The summed E-state index contributed by atoms with van der Waals surface area (Å²) in [5.41, 5.74) is 1.29. The molecule has 1 atom stereocenters. The quantitative estimate of drug-likeness (QED) is 0.916. The summed E-state index contributed by atoms with van der Waals surface area (Å²) in [6.07, 6.45) is 1.78. The lowest BCUT2D eigenvalue weighted by molar-refractivity contribution is 0.180. The second-order valence-corrected chi connectivity index (χ2v) is 7.63. The molecule has 4 heteroatoms. The Morgan fingerprint density at radius 1 is 1.28 bits per heavy atom. The number of benzene rings is 1. The summed E-state index contributed by atoms with van der Waals surface area (Å²) in [6, 6.07) is 8.28. The lowest BCUT2D eigenvalue weighted by Crippen LogP contribution is -2.27. The molecule has 1 aromatic rings. The number of ether oxygens (including phenoxy) is 1. The molecule has 0 aromatic heterocycles. The van der Waals surface area contributed by atoms with Gasteiger partial charge in [-0.1, -0.05) is 12.1 Å². The normalized spacial score (nSPS) is 20.4. The third kappa shape index (κ3) is 3.16. The standard InChI is InChI=1S/C14H20O2S2/c1-11(15)10-14(17-8-3-9-18-14)12-4-6-13(16-2)7-5-12/h4-7,11,15H,3,8-10H2,1-2H3/t11-/m0/s1. The number of aliphatic hydroxyl groups is 1. The van der Waals surface area contributed by atoms with Crippen LogP contribution in [0.4, 0.5) is 0 Å². The molecule has 1 aliphatic heterocycles. The van der Waals surface area contributed by atoms with Crippen LogP contribution < -0.4 is 4.74 Å². The Bertz CT molecular complexity index is 370. The van der Waals surface area contributed by atoms with E-state index in [0.29, 0.717) is 0 Å². The molecule has 0 radical (unpaired) electrons. The topological polar surface area (TPSA) is 29.5 Å². The van der Waals surface area contributed by atoms with E-state index in [1.807, 2.05) is 42.6 Å². The zero-order valence-corrected chi connectivity index (χ0v) is 12.5. The van der Waals surface area contributed by atoms with Crippen LogP contribution in [-0.4, -0.2) is 29.8 Å². The van der Waals surface area contributed by atoms with Crippen LogP contribution in [0.2, 0.25) is 0 Å². The Morgan fingerprint density at radius 2 is 1.89 bits per heavy atom. The first-order valence-electron chi connectivity index (χ1n) is 6.27. The number of thioether (sulfide) groups is 2. The first-order valence-corrected chi connectivity index (χ1v) is 8.24. The third-order valence-electron chi connectivity index (χ3n) is 3.05. The van der Waals surface area contributed by atoms with Gasteiger partial charge in [0.05, 0.1) is 17.3 Å². The summed E-state index contributed by atoms with van der Waals surface area (Å²) >= 11 is 3.94. The molecule has 1 fully saturated rings. The van der Waals surface area contributed by atoms with Gasteiger partial charge in [-0.3, -0.25) is 0 Å². The molecular formula is C14H20O2S2. The highest BCUT2D eigenvalue weighted by Crippen LogP contribution is 2.53. The van der Waals surface area contributed by atoms with Crippen molar-refractivity contribution in [1.29, 1.82) is 0 Å². The van der Waals surface area contributed by atoms with Gasteiger partial charge in [0.15, 0.2) is 0 Å². The monoisotopic (exact) mass is 284 g/mol. The van der Waals surface area contributed by atoms with E-state index in [4.69, 9.17) is 4.74 Å². The summed E-state index contributed by atoms with van der Waals surface area (Å²) in [5.74, 6) is 3.23. The molecule has 0 unspecified atom stereocenters. The van der Waals surface area contributed by atoms with Crippen LogP contribution >= 0.6 is 23.5 Å². The Kier molecular flexibility index (Phi) is 4.87. The van der Waals surface area contributed by atoms with Gasteiger partial charge in [-0.05, 0) is 42.5 Å². The van der Waals surface area contributed by atoms with Gasteiger partial charge in [-0.2, -0.15) is 0 Å². The van der Waals surface area contributed by atoms with Crippen molar-refractivity contribution in [2.75, 3.05) is 18.6 Å². The minimum Gasteiger partial charge on any atom is -0.497 e. The number of methoxy groups -OCH3 is 1. The Hall–Kier alpha value is -0.320. The first kappa shape index (κ1) is 14.1. The summed E-state index contributed by atoms with van der Waals surface area (Å²) in [6.45, 7) is 1.88. The minimum atomic E-state index is -0.273. The highest BCUT2D eigenvalue weighted by atomic mass is 32.2. The summed E-state index contributed by atoms with van der Waals surface area (Å²) in [7, 11) is 1.69. The molecular weight excluding hydrogens is 264 g/mol. The smallest absolute Gasteiger partial charge is 0.118 e. The van der Waals surface area contributed by atoms with Crippen molar-refractivity contribution in [1.82, 2.24) is 0 Å². The average molecular weight is 284 g/mol. The largest absolute Gasteiger partial charge is 0.497 e. The van der Waals surface area contributed by atoms with Crippen LogP contribution in [0.3, 0.4) is 0 Å². The van der Waals surface area contributed by atoms with Gasteiger partial charge in [0.1, 0.15) is 5.75 Å². The maximum Gasteiger partial charge on any atom is 0.118 e. The van der Waals surface area contributed by atoms with Crippen molar-refractivity contribution >= 4 is 23.5 Å². The molecule has 1 saturated heterocycles. The fraction of sp³-hybridized carbons (Fsp3) is 0.571. The highest BCUT2D eigenvalue weighted by Gasteiger charge is 2.36. The Morgan fingerprint density at radius 3 is 2.39 bits per heavy atom. The predicted octanol–water partition coefficient (Wildman–Crippen LogP) is 3.49. The van der Waals surface area contributed by atoms with Crippen LogP contribution in [0.25, 0.3) is 0 Å². The molecule has 0 amide bonds. The van der Waals surface area contributed by atoms with E-state index in [-0.39, 0.29) is 10.2 Å². The highest BCUT2D eigenvalue weighted by molar-refractivity contribution is 8.18. The van der Waals surface area contributed by atoms with Crippen molar-refractivity contribution in [3.8, 4) is 5.75 Å². The average Bonchev–Trinajstić information content (AvgIpc) is 2.39. The molecule has 2 nitrogen and oxygen atoms in total. The number of hydrogen-bond donors (Lipinski definition) is 1. The second-order valence-electron chi connectivity index (χ2n) is 4.59. The molecule has 100 valence electrons. The molecule has 0 bridgehead atoms. The van der Waals surface area contributed by atoms with Crippen LogP contribution in [0.1, 0.15) is 25.3 Å². The Labute approximate surface area is 117 Å². The minimum absolute atomic E-state index is 0.0126. The molecule has 18 heavy (non-hydrogen) atoms. The molecule has 1 aromatic carbocycles. The van der Waals surface area contributed by atoms with Gasteiger partial charge in [-0.25, -0.2) is 0 Å². The zero-order chi connectivity index (χ0) is 13.0. The van der Waals surface area contributed by atoms with E-state index in [2.05, 4.69) is 12.1 Å². The van der Waals surface area contributed by atoms with E-state index in [0.717, 1.165) is 12.2 Å². The van der Waals surface area contributed by atoms with Crippen molar-refractivity contribution in [3.05, 3.63) is 29.8 Å². The van der Waals surface area contributed by atoms with Crippen molar-refractivity contribution in [2.24, 2.45) is 0 Å². The molecule has 0 spiro atoms. The van der Waals surface area contributed by atoms with Crippen LogP contribution in [0.5, 0.6) is 5.75 Å². The third-order valence-corrected chi connectivity index (χ3v) is 6.48. The predicted molar refractivity (Wildman–Crippen MR) is 80.5 cm³/mol. The molecule has 1 N–H and O–H groups in total. The van der Waals surface area contributed by atoms with E-state index in [1.54, 1.807) is 7.11 Å². The van der Waals surface area contributed by atoms with E-state index < -0.39 is 0 Å². The zero-order valence-electron chi connectivity index (χ0n) is 10.9. The van der Waals surface area contributed by atoms with E-state index in [9.17, 15) is 5.11 Å². The number of hydrogen-bond acceptors (Lipinski definition) is 4. The van der Waals surface area contributed by atoms with Crippen LogP contribution in [0.15, 0.2) is 24.3 Å². The van der Waals surface area contributed by atoms with Crippen molar-refractivity contribution < 1.29 is 9.84 Å². The fourth-order valence-corrected chi connectivity index (χ4v) is 5.79. The molecule has 0 aliphatic carbocycles. The summed E-state index contributed by atoms with van der Waals surface area (Å²) < 4.78 is 5.22. The van der Waals surface area contributed by atoms with Crippen LogP contribution in [0, 0.1) is 0 Å². The SMILES string of the molecule is COc1ccc(C2(C[C@H](C)O)SCCCS2)cc1. The van der Waals surface area contributed by atoms with Gasteiger partial charge in [0.2, 0.25) is 0 Å². The van der Waals surface area contributed by atoms with Gasteiger partial charge >= 0.3 is 0 Å². The van der Waals surface area contributed by atoms with Gasteiger partial charge < -0.3 is 9.84 Å². The fourth-order valence-electron chi connectivity index (χ4n) is 2.21. The lowest BCUT2D eigenvalue weighted by Gasteiger charge is -2.37. The van der Waals surface area contributed by atoms with Gasteiger partial charge in [0, 0.05) is 6.42 Å². The second kappa shape index (κ2) is 6.22. The number of aliphatic hydroxyl groups excluding tert-OH is 1. The maximum atomic E-state index is 9.78. The maximum absolute atomic E-state index is 9.78. The van der Waals surface area contributed by atoms with Crippen molar-refractivity contribution in [3.63, 3.8) is 0 Å². The molecule has 1 aliphatic rings. The van der Waals surface area contributed by atoms with Gasteiger partial charge in [-0.15, -0.1) is 23.5 Å². The molecule has 1 heterocycles. The lowest BCUT2D eigenvalue weighted by atomic mass is 10.1. The summed E-state index contributed by atoms with van der Waals surface area (Å²) in [5, 5.41) is 9.78. The van der Waals surface area contributed by atoms with Gasteiger partial charge in [0.25, 0.3) is 0 Å². The first-order chi connectivity index (χ1) is 8.66. The van der Waals surface area contributed by atoms with Crippen LogP contribution in [-0.2, 0) is 4.08 Å². The van der Waals surface area contributed by atoms with Crippen molar-refractivity contribution in [2.45, 2.75) is 29.9 Å². The molecule has 0 saturated carbocycles. The van der Waals surface area contributed by atoms with E-state index >= 15 is 0 Å².